The van der Waals surface area contributed by atoms with E-state index >= 15 is 0 Å². The Morgan fingerprint density at radius 3 is 2.77 bits per heavy atom. The molecule has 2 aromatic carbocycles. The summed E-state index contributed by atoms with van der Waals surface area (Å²) in [4.78, 5) is 11.0. The third kappa shape index (κ3) is 5.39. The molecule has 138 valence electrons. The fourth-order valence-corrected chi connectivity index (χ4v) is 2.45. The van der Waals surface area contributed by atoms with Crippen LogP contribution in [0.2, 0.25) is 5.02 Å². The first-order valence-electron chi connectivity index (χ1n) is 8.26. The van der Waals surface area contributed by atoms with Crippen LogP contribution >= 0.6 is 11.6 Å². The maximum absolute atomic E-state index is 11.0. The largest absolute Gasteiger partial charge is 0.490 e. The smallest absolute Gasteiger partial charge is 0.335 e. The van der Waals surface area contributed by atoms with E-state index in [2.05, 4.69) is 10.5 Å². The third-order valence-electron chi connectivity index (χ3n) is 3.30. The van der Waals surface area contributed by atoms with Crippen LogP contribution in [-0.2, 0) is 0 Å². The average molecular weight is 377 g/mol. The minimum atomic E-state index is -0.992. The molecule has 0 aliphatic carbocycles. The maximum Gasteiger partial charge on any atom is 0.335 e. The minimum Gasteiger partial charge on any atom is -0.490 e. The van der Waals surface area contributed by atoms with E-state index in [9.17, 15) is 4.79 Å². The van der Waals surface area contributed by atoms with Crippen LogP contribution in [0.3, 0.4) is 0 Å². The van der Waals surface area contributed by atoms with Gasteiger partial charge in [0, 0.05) is 0 Å². The molecule has 2 N–H and O–H groups in total. The van der Waals surface area contributed by atoms with Crippen molar-refractivity contribution in [3.05, 3.63) is 52.5 Å². The monoisotopic (exact) mass is 376 g/mol. The Bertz CT molecular complexity index is 793. The Kier molecular flexibility index (Phi) is 7.29. The van der Waals surface area contributed by atoms with Crippen molar-refractivity contribution in [2.24, 2.45) is 5.10 Å². The van der Waals surface area contributed by atoms with Gasteiger partial charge in [0.15, 0.2) is 11.5 Å². The lowest BCUT2D eigenvalue weighted by atomic mass is 10.2. The van der Waals surface area contributed by atoms with Crippen molar-refractivity contribution < 1.29 is 19.4 Å². The van der Waals surface area contributed by atoms with Crippen LogP contribution in [0.15, 0.2) is 41.5 Å². The number of aromatic carboxylic acids is 1. The molecule has 26 heavy (non-hydrogen) atoms. The molecule has 0 unspecified atom stereocenters. The SMILES string of the molecule is CCCOc1c(Cl)cc(/C=N\Nc2cccc(C(=O)O)c2)cc1OCC. The first-order chi connectivity index (χ1) is 12.5. The number of benzene rings is 2. The molecule has 0 bridgehead atoms. The van der Waals surface area contributed by atoms with Gasteiger partial charge < -0.3 is 14.6 Å². The zero-order chi connectivity index (χ0) is 18.9. The van der Waals surface area contributed by atoms with Gasteiger partial charge in [0.25, 0.3) is 0 Å². The average Bonchev–Trinajstić information content (AvgIpc) is 2.61. The molecule has 0 amide bonds. The number of carboxylic acids is 1. The lowest BCUT2D eigenvalue weighted by Gasteiger charge is -2.13. The topological polar surface area (TPSA) is 80.2 Å². The summed E-state index contributed by atoms with van der Waals surface area (Å²) in [7, 11) is 0. The van der Waals surface area contributed by atoms with E-state index in [0.29, 0.717) is 35.4 Å². The summed E-state index contributed by atoms with van der Waals surface area (Å²) in [6, 6.07) is 9.91. The molecule has 2 rings (SSSR count). The maximum atomic E-state index is 11.0. The quantitative estimate of drug-likeness (QED) is 0.491. The Labute approximate surface area is 157 Å². The summed E-state index contributed by atoms with van der Waals surface area (Å²) in [5.41, 5.74) is 4.28. The van der Waals surface area contributed by atoms with Crippen molar-refractivity contribution >= 4 is 29.5 Å². The molecule has 0 saturated heterocycles. The van der Waals surface area contributed by atoms with Crippen LogP contribution in [0.1, 0.15) is 36.2 Å². The Hall–Kier alpha value is -2.73. The lowest BCUT2D eigenvalue weighted by molar-refractivity contribution is 0.0697. The van der Waals surface area contributed by atoms with Crippen LogP contribution in [-0.4, -0.2) is 30.5 Å². The van der Waals surface area contributed by atoms with Crippen LogP contribution in [0.25, 0.3) is 0 Å². The molecule has 7 heteroatoms. The summed E-state index contributed by atoms with van der Waals surface area (Å²) >= 11 is 6.31. The molecule has 0 heterocycles. The van der Waals surface area contributed by atoms with E-state index in [0.717, 1.165) is 12.0 Å². The number of anilines is 1. The van der Waals surface area contributed by atoms with Gasteiger partial charge in [-0.15, -0.1) is 0 Å². The number of hydrazone groups is 1. The molecule has 0 radical (unpaired) electrons. The van der Waals surface area contributed by atoms with E-state index in [1.54, 1.807) is 30.5 Å². The van der Waals surface area contributed by atoms with E-state index in [1.807, 2.05) is 13.8 Å². The van der Waals surface area contributed by atoms with Gasteiger partial charge in [0.1, 0.15) is 0 Å². The lowest BCUT2D eigenvalue weighted by Crippen LogP contribution is -2.02. The second-order valence-electron chi connectivity index (χ2n) is 5.37. The molecule has 6 nitrogen and oxygen atoms in total. The number of nitrogens with one attached hydrogen (secondary N) is 1. The van der Waals surface area contributed by atoms with Gasteiger partial charge in [-0.05, 0) is 49.2 Å². The number of carbonyl (C=O) groups is 1. The number of carboxylic acid groups (broad SMARTS) is 1. The van der Waals surface area contributed by atoms with Crippen molar-refractivity contribution in [1.29, 1.82) is 0 Å². The van der Waals surface area contributed by atoms with Crippen LogP contribution < -0.4 is 14.9 Å². The van der Waals surface area contributed by atoms with Crippen molar-refractivity contribution in [2.75, 3.05) is 18.6 Å². The zero-order valence-corrected chi connectivity index (χ0v) is 15.4. The van der Waals surface area contributed by atoms with Gasteiger partial charge in [-0.3, -0.25) is 5.43 Å². The first kappa shape index (κ1) is 19.6. The van der Waals surface area contributed by atoms with Gasteiger partial charge in [0.2, 0.25) is 0 Å². The molecular weight excluding hydrogens is 356 g/mol. The fraction of sp³-hybridized carbons (Fsp3) is 0.263. The van der Waals surface area contributed by atoms with E-state index in [4.69, 9.17) is 26.2 Å². The molecule has 0 aliphatic rings. The molecule has 0 saturated carbocycles. The number of hydrogen-bond donors (Lipinski definition) is 2. The molecule has 0 fully saturated rings. The van der Waals surface area contributed by atoms with Crippen molar-refractivity contribution in [1.82, 2.24) is 0 Å². The van der Waals surface area contributed by atoms with Gasteiger partial charge in [-0.1, -0.05) is 24.6 Å². The summed E-state index contributed by atoms with van der Waals surface area (Å²) in [6.45, 7) is 4.93. The molecular formula is C19H21ClN2O4. The zero-order valence-electron chi connectivity index (χ0n) is 14.7. The van der Waals surface area contributed by atoms with Crippen LogP contribution in [0.5, 0.6) is 11.5 Å². The molecule has 0 spiro atoms. The minimum absolute atomic E-state index is 0.185. The highest BCUT2D eigenvalue weighted by molar-refractivity contribution is 6.32. The number of rotatable bonds is 9. The van der Waals surface area contributed by atoms with Gasteiger partial charge in [-0.25, -0.2) is 4.79 Å². The fourth-order valence-electron chi connectivity index (χ4n) is 2.17. The van der Waals surface area contributed by atoms with Crippen molar-refractivity contribution in [3.63, 3.8) is 0 Å². The predicted molar refractivity (Wildman–Crippen MR) is 103 cm³/mol. The number of ether oxygens (including phenoxy) is 2. The van der Waals surface area contributed by atoms with E-state index in [1.165, 1.54) is 12.1 Å². The highest BCUT2D eigenvalue weighted by atomic mass is 35.5. The summed E-state index contributed by atoms with van der Waals surface area (Å²) < 4.78 is 11.3. The Morgan fingerprint density at radius 1 is 1.27 bits per heavy atom. The Balaban J connectivity index is 2.16. The van der Waals surface area contributed by atoms with Gasteiger partial charge in [-0.2, -0.15) is 5.10 Å². The Morgan fingerprint density at radius 2 is 2.08 bits per heavy atom. The highest BCUT2D eigenvalue weighted by Gasteiger charge is 2.12. The second-order valence-corrected chi connectivity index (χ2v) is 5.77. The van der Waals surface area contributed by atoms with Gasteiger partial charge >= 0.3 is 5.97 Å². The summed E-state index contributed by atoms with van der Waals surface area (Å²) in [6.07, 6.45) is 2.44. The summed E-state index contributed by atoms with van der Waals surface area (Å²) in [5.74, 6) is 0.0887. The third-order valence-corrected chi connectivity index (χ3v) is 3.58. The molecule has 0 atom stereocenters. The number of hydrogen-bond acceptors (Lipinski definition) is 5. The number of nitrogens with zero attached hydrogens (tertiary/aromatic N) is 1. The molecule has 2 aromatic rings. The van der Waals surface area contributed by atoms with Crippen LogP contribution in [0.4, 0.5) is 5.69 Å². The van der Waals surface area contributed by atoms with E-state index in [-0.39, 0.29) is 5.56 Å². The summed E-state index contributed by atoms with van der Waals surface area (Å²) in [5, 5.41) is 13.6. The highest BCUT2D eigenvalue weighted by Crippen LogP contribution is 2.36. The van der Waals surface area contributed by atoms with E-state index < -0.39 is 5.97 Å². The normalized spacial score (nSPS) is 10.7. The van der Waals surface area contributed by atoms with Crippen LogP contribution in [0, 0.1) is 0 Å². The molecule has 0 aromatic heterocycles. The predicted octanol–water partition coefficient (Wildman–Crippen LogP) is 4.67. The standard InChI is InChI=1S/C19H21ClN2O4/c1-3-8-26-18-16(20)9-13(10-17(18)25-4-2)12-21-22-15-7-5-6-14(11-15)19(23)24/h5-7,9-12,22H,3-4,8H2,1-2H3,(H,23,24)/b21-12-. The first-order valence-corrected chi connectivity index (χ1v) is 8.64. The van der Waals surface area contributed by atoms with Crippen molar-refractivity contribution in [2.45, 2.75) is 20.3 Å². The van der Waals surface area contributed by atoms with Crippen molar-refractivity contribution in [3.8, 4) is 11.5 Å². The van der Waals surface area contributed by atoms with Gasteiger partial charge in [0.05, 0.1) is 35.7 Å². The second kappa shape index (κ2) is 9.68. The number of halogens is 1. The molecule has 0 aliphatic heterocycles.